The summed E-state index contributed by atoms with van der Waals surface area (Å²) in [5.41, 5.74) is -0.424. The molecule has 0 aromatic rings. The first-order valence-electron chi connectivity index (χ1n) is 7.23. The summed E-state index contributed by atoms with van der Waals surface area (Å²) in [6.45, 7) is 9.33. The molecule has 1 amide bonds. The van der Waals surface area contributed by atoms with E-state index in [0.29, 0.717) is 18.3 Å². The van der Waals surface area contributed by atoms with Crippen LogP contribution in [-0.4, -0.2) is 36.0 Å². The molecule has 0 aliphatic carbocycles. The first-order chi connectivity index (χ1) is 8.81. The normalized spacial score (nSPS) is 19.1. The molecule has 0 radical (unpaired) electrons. The third kappa shape index (κ3) is 6.08. The van der Waals surface area contributed by atoms with Crippen molar-refractivity contribution in [1.29, 1.82) is 0 Å². The number of carbonyl (C=O) groups is 2. The third-order valence-electron chi connectivity index (χ3n) is 3.50. The van der Waals surface area contributed by atoms with Gasteiger partial charge >= 0.3 is 6.09 Å². The van der Waals surface area contributed by atoms with Gasteiger partial charge in [-0.3, -0.25) is 0 Å². The lowest BCUT2D eigenvalue weighted by Gasteiger charge is -2.34. The van der Waals surface area contributed by atoms with Crippen LogP contribution in [0.15, 0.2) is 0 Å². The molecule has 0 saturated carbocycles. The fourth-order valence-electron chi connectivity index (χ4n) is 2.51. The second kappa shape index (κ2) is 6.92. The average Bonchev–Trinajstić information content (AvgIpc) is 2.27. The van der Waals surface area contributed by atoms with E-state index in [-0.39, 0.29) is 6.09 Å². The topological polar surface area (TPSA) is 46.6 Å². The van der Waals surface area contributed by atoms with Gasteiger partial charge in [0.05, 0.1) is 0 Å². The van der Waals surface area contributed by atoms with Gasteiger partial charge in [0.25, 0.3) is 0 Å². The van der Waals surface area contributed by atoms with Crippen LogP contribution in [0.1, 0.15) is 53.4 Å². The van der Waals surface area contributed by atoms with E-state index in [1.807, 2.05) is 20.8 Å². The standard InChI is InChI=1S/C15H27NO3/c1-12(7-10-17)11-13-5-8-16(9-6-13)14(18)19-15(2,3)4/h10,12-13H,5-9,11H2,1-4H3. The number of hydrogen-bond donors (Lipinski definition) is 0. The Bertz CT molecular complexity index is 301. The van der Waals surface area contributed by atoms with Gasteiger partial charge in [-0.25, -0.2) is 4.79 Å². The lowest BCUT2D eigenvalue weighted by Crippen LogP contribution is -2.41. The van der Waals surface area contributed by atoms with E-state index in [1.54, 1.807) is 4.90 Å². The van der Waals surface area contributed by atoms with Gasteiger partial charge in [-0.2, -0.15) is 0 Å². The van der Waals surface area contributed by atoms with E-state index < -0.39 is 5.60 Å². The van der Waals surface area contributed by atoms with Crippen LogP contribution in [0.5, 0.6) is 0 Å². The minimum atomic E-state index is -0.424. The molecule has 1 atom stereocenters. The molecule has 19 heavy (non-hydrogen) atoms. The Balaban J connectivity index is 2.32. The summed E-state index contributed by atoms with van der Waals surface area (Å²) in [6.07, 6.45) is 4.56. The Morgan fingerprint density at radius 2 is 1.95 bits per heavy atom. The van der Waals surface area contributed by atoms with Gasteiger partial charge in [0.1, 0.15) is 11.9 Å². The van der Waals surface area contributed by atoms with Gasteiger partial charge in [-0.1, -0.05) is 6.92 Å². The van der Waals surface area contributed by atoms with E-state index in [0.717, 1.165) is 38.6 Å². The number of rotatable bonds is 4. The van der Waals surface area contributed by atoms with Crippen LogP contribution in [-0.2, 0) is 9.53 Å². The quantitative estimate of drug-likeness (QED) is 0.736. The number of ether oxygens (including phenoxy) is 1. The summed E-state index contributed by atoms with van der Waals surface area (Å²) in [4.78, 5) is 24.2. The molecule has 0 aromatic heterocycles. The van der Waals surface area contributed by atoms with E-state index >= 15 is 0 Å². The lowest BCUT2D eigenvalue weighted by atomic mass is 9.87. The van der Waals surface area contributed by atoms with Crippen LogP contribution in [0.2, 0.25) is 0 Å². The average molecular weight is 269 g/mol. The fourth-order valence-corrected chi connectivity index (χ4v) is 2.51. The number of amides is 1. The number of aldehydes is 1. The van der Waals surface area contributed by atoms with Crippen LogP contribution in [0.3, 0.4) is 0 Å². The molecule has 110 valence electrons. The molecule has 0 spiro atoms. The zero-order valence-electron chi connectivity index (χ0n) is 12.6. The highest BCUT2D eigenvalue weighted by molar-refractivity contribution is 5.68. The molecule has 1 rings (SSSR count). The minimum Gasteiger partial charge on any atom is -0.444 e. The maximum Gasteiger partial charge on any atom is 0.410 e. The Kier molecular flexibility index (Phi) is 5.83. The molecule has 1 unspecified atom stereocenters. The Hall–Kier alpha value is -1.06. The van der Waals surface area contributed by atoms with Gasteiger partial charge < -0.3 is 14.4 Å². The van der Waals surface area contributed by atoms with Crippen molar-refractivity contribution in [2.45, 2.75) is 59.0 Å². The van der Waals surface area contributed by atoms with E-state index in [1.165, 1.54) is 0 Å². The second-order valence-corrected chi connectivity index (χ2v) is 6.65. The molecule has 4 nitrogen and oxygen atoms in total. The molecule has 4 heteroatoms. The molecule has 0 aromatic carbocycles. The van der Waals surface area contributed by atoms with Crippen LogP contribution in [0.25, 0.3) is 0 Å². The molecule has 1 aliphatic heterocycles. The summed E-state index contributed by atoms with van der Waals surface area (Å²) in [6, 6.07) is 0. The van der Waals surface area contributed by atoms with Gasteiger partial charge in [0.2, 0.25) is 0 Å². The Morgan fingerprint density at radius 3 is 2.42 bits per heavy atom. The maximum absolute atomic E-state index is 11.9. The van der Waals surface area contributed by atoms with Crippen molar-refractivity contribution >= 4 is 12.4 Å². The first-order valence-corrected chi connectivity index (χ1v) is 7.23. The maximum atomic E-state index is 11.9. The molecular weight excluding hydrogens is 242 g/mol. The van der Waals surface area contributed by atoms with Crippen molar-refractivity contribution in [3.8, 4) is 0 Å². The Morgan fingerprint density at radius 1 is 1.37 bits per heavy atom. The smallest absolute Gasteiger partial charge is 0.410 e. The van der Waals surface area contributed by atoms with Gasteiger partial charge in [0, 0.05) is 19.5 Å². The predicted octanol–water partition coefficient (Wildman–Crippen LogP) is 3.25. The Labute approximate surface area is 116 Å². The van der Waals surface area contributed by atoms with Crippen molar-refractivity contribution in [3.05, 3.63) is 0 Å². The zero-order chi connectivity index (χ0) is 14.5. The molecule has 1 aliphatic rings. The van der Waals surface area contributed by atoms with Crippen molar-refractivity contribution in [2.75, 3.05) is 13.1 Å². The van der Waals surface area contributed by atoms with Gasteiger partial charge in [-0.15, -0.1) is 0 Å². The number of piperidine rings is 1. The van der Waals surface area contributed by atoms with E-state index in [4.69, 9.17) is 4.74 Å². The van der Waals surface area contributed by atoms with E-state index in [9.17, 15) is 9.59 Å². The first kappa shape index (κ1) is 16.0. The number of nitrogens with zero attached hydrogens (tertiary/aromatic N) is 1. The SMILES string of the molecule is CC(CC=O)CC1CCN(C(=O)OC(C)(C)C)CC1. The highest BCUT2D eigenvalue weighted by Crippen LogP contribution is 2.26. The molecule has 1 fully saturated rings. The van der Waals surface area contributed by atoms with Crippen LogP contribution in [0.4, 0.5) is 4.79 Å². The summed E-state index contributed by atoms with van der Waals surface area (Å²) in [7, 11) is 0. The van der Waals surface area contributed by atoms with Crippen molar-refractivity contribution in [1.82, 2.24) is 4.90 Å². The summed E-state index contributed by atoms with van der Waals surface area (Å²) in [5, 5.41) is 0. The summed E-state index contributed by atoms with van der Waals surface area (Å²) in [5.74, 6) is 1.09. The molecule has 1 saturated heterocycles. The predicted molar refractivity (Wildman–Crippen MR) is 75.0 cm³/mol. The van der Waals surface area contributed by atoms with E-state index in [2.05, 4.69) is 6.92 Å². The molecule has 0 bridgehead atoms. The monoisotopic (exact) mass is 269 g/mol. The summed E-state index contributed by atoms with van der Waals surface area (Å²) >= 11 is 0. The van der Waals surface area contributed by atoms with Gasteiger partial charge in [-0.05, 0) is 51.9 Å². The number of hydrogen-bond acceptors (Lipinski definition) is 3. The lowest BCUT2D eigenvalue weighted by molar-refractivity contribution is -0.108. The third-order valence-corrected chi connectivity index (χ3v) is 3.50. The van der Waals surface area contributed by atoms with Crippen molar-refractivity contribution < 1.29 is 14.3 Å². The molecule has 1 heterocycles. The second-order valence-electron chi connectivity index (χ2n) is 6.65. The highest BCUT2D eigenvalue weighted by atomic mass is 16.6. The molecular formula is C15H27NO3. The van der Waals surface area contributed by atoms with Crippen LogP contribution >= 0.6 is 0 Å². The number of carbonyl (C=O) groups excluding carboxylic acids is 2. The number of likely N-dealkylation sites (tertiary alicyclic amines) is 1. The molecule has 0 N–H and O–H groups in total. The largest absolute Gasteiger partial charge is 0.444 e. The zero-order valence-corrected chi connectivity index (χ0v) is 12.6. The summed E-state index contributed by atoms with van der Waals surface area (Å²) < 4.78 is 5.37. The van der Waals surface area contributed by atoms with Gasteiger partial charge in [0.15, 0.2) is 0 Å². The van der Waals surface area contributed by atoms with Crippen molar-refractivity contribution in [2.24, 2.45) is 11.8 Å². The van der Waals surface area contributed by atoms with Crippen LogP contribution in [0, 0.1) is 11.8 Å². The van der Waals surface area contributed by atoms with Crippen LogP contribution < -0.4 is 0 Å². The highest BCUT2D eigenvalue weighted by Gasteiger charge is 2.27. The minimum absolute atomic E-state index is 0.202. The van der Waals surface area contributed by atoms with Crippen molar-refractivity contribution in [3.63, 3.8) is 0 Å². The fraction of sp³-hybridized carbons (Fsp3) is 0.867.